The van der Waals surface area contributed by atoms with Crippen molar-refractivity contribution in [2.75, 3.05) is 6.61 Å². The number of allylic oxidation sites excluding steroid dienone is 3. The van der Waals surface area contributed by atoms with E-state index < -0.39 is 0 Å². The highest BCUT2D eigenvalue weighted by Gasteiger charge is 2.39. The van der Waals surface area contributed by atoms with E-state index in [0.29, 0.717) is 24.2 Å². The Morgan fingerprint density at radius 3 is 2.80 bits per heavy atom. The number of hydrogen-bond acceptors (Lipinski definition) is 4. The highest BCUT2D eigenvalue weighted by molar-refractivity contribution is 9.10. The lowest BCUT2D eigenvalue weighted by Crippen LogP contribution is -2.34. The fraction of sp³-hybridized carbons (Fsp3) is 0.400. The molecule has 0 bridgehead atoms. The van der Waals surface area contributed by atoms with Gasteiger partial charge in [-0.05, 0) is 37.8 Å². The number of esters is 1. The molecule has 3 rings (SSSR count). The van der Waals surface area contributed by atoms with Gasteiger partial charge in [0.15, 0.2) is 5.78 Å². The largest absolute Gasteiger partial charge is 0.462 e. The van der Waals surface area contributed by atoms with Gasteiger partial charge in [-0.3, -0.25) is 4.79 Å². The molecule has 1 aromatic carbocycles. The molecular formula is C20H22BrNO3. The predicted molar refractivity (Wildman–Crippen MR) is 99.9 cm³/mol. The average Bonchev–Trinajstić information content (AvgIpc) is 2.59. The number of ether oxygens (including phenoxy) is 1. The Labute approximate surface area is 156 Å². The summed E-state index contributed by atoms with van der Waals surface area (Å²) in [5.41, 5.74) is 3.90. The molecule has 132 valence electrons. The molecule has 0 fully saturated rings. The third kappa shape index (κ3) is 3.43. The summed E-state index contributed by atoms with van der Waals surface area (Å²) >= 11 is 3.59. The minimum atomic E-state index is -0.385. The smallest absolute Gasteiger partial charge is 0.336 e. The molecule has 0 unspecified atom stereocenters. The number of halogens is 1. The Morgan fingerprint density at radius 2 is 2.08 bits per heavy atom. The number of nitrogens with one attached hydrogen (secondary N) is 1. The first-order chi connectivity index (χ1) is 12.0. The van der Waals surface area contributed by atoms with Crippen LogP contribution in [0.1, 0.15) is 51.0 Å². The Morgan fingerprint density at radius 1 is 1.32 bits per heavy atom. The van der Waals surface area contributed by atoms with E-state index in [1.807, 2.05) is 38.1 Å². The van der Waals surface area contributed by atoms with E-state index in [0.717, 1.165) is 40.7 Å². The maximum absolute atomic E-state index is 12.8. The van der Waals surface area contributed by atoms with Crippen LogP contribution in [-0.2, 0) is 14.3 Å². The molecule has 0 aromatic heterocycles. The van der Waals surface area contributed by atoms with Crippen LogP contribution in [0, 0.1) is 0 Å². The third-order valence-electron chi connectivity index (χ3n) is 4.65. The summed E-state index contributed by atoms with van der Waals surface area (Å²) in [5, 5.41) is 3.30. The van der Waals surface area contributed by atoms with Crippen LogP contribution < -0.4 is 5.32 Å². The Balaban J connectivity index is 2.14. The molecule has 0 saturated carbocycles. The molecule has 1 heterocycles. The quantitative estimate of drug-likeness (QED) is 0.758. The second-order valence-electron chi connectivity index (χ2n) is 6.42. The van der Waals surface area contributed by atoms with E-state index in [2.05, 4.69) is 21.2 Å². The zero-order valence-corrected chi connectivity index (χ0v) is 16.1. The van der Waals surface area contributed by atoms with E-state index >= 15 is 0 Å². The van der Waals surface area contributed by atoms with Crippen molar-refractivity contribution in [2.24, 2.45) is 0 Å². The van der Waals surface area contributed by atoms with Crippen molar-refractivity contribution in [1.82, 2.24) is 5.32 Å². The molecule has 1 atom stereocenters. The first-order valence-electron chi connectivity index (χ1n) is 8.70. The summed E-state index contributed by atoms with van der Waals surface area (Å²) in [6.45, 7) is 4.22. The van der Waals surface area contributed by atoms with Gasteiger partial charge in [0, 0.05) is 33.8 Å². The second kappa shape index (κ2) is 7.56. The molecule has 0 spiro atoms. The van der Waals surface area contributed by atoms with Crippen LogP contribution in [0.3, 0.4) is 0 Å². The fourth-order valence-electron chi connectivity index (χ4n) is 3.55. The number of carbonyl (C=O) groups is 2. The van der Waals surface area contributed by atoms with Gasteiger partial charge in [-0.1, -0.05) is 41.1 Å². The van der Waals surface area contributed by atoms with Gasteiger partial charge in [0.2, 0.25) is 0 Å². The summed E-state index contributed by atoms with van der Waals surface area (Å²) in [6, 6.07) is 7.76. The second-order valence-corrected chi connectivity index (χ2v) is 7.28. The number of Topliss-reactive ketones (excluding diaryl/α,β-unsaturated/α-hetero) is 1. The van der Waals surface area contributed by atoms with E-state index in [1.54, 1.807) is 0 Å². The van der Waals surface area contributed by atoms with E-state index in [9.17, 15) is 9.59 Å². The molecule has 1 aliphatic heterocycles. The first kappa shape index (κ1) is 17.9. The number of hydrogen-bond donors (Lipinski definition) is 1. The van der Waals surface area contributed by atoms with Crippen LogP contribution in [0.2, 0.25) is 0 Å². The van der Waals surface area contributed by atoms with Gasteiger partial charge in [-0.2, -0.15) is 0 Å². The molecule has 25 heavy (non-hydrogen) atoms. The SMILES string of the molecule is CCCOC(=O)C1=C(C)NC2=C(C(=O)CCC2)[C@@H]1c1ccccc1Br. The molecule has 1 N–H and O–H groups in total. The normalized spacial score (nSPS) is 20.3. The zero-order valence-electron chi connectivity index (χ0n) is 14.5. The summed E-state index contributed by atoms with van der Waals surface area (Å²) in [7, 11) is 0. The molecule has 0 radical (unpaired) electrons. The van der Waals surface area contributed by atoms with Crippen molar-refractivity contribution in [2.45, 2.75) is 45.4 Å². The molecule has 2 aliphatic rings. The van der Waals surface area contributed by atoms with Crippen molar-refractivity contribution >= 4 is 27.7 Å². The number of carbonyl (C=O) groups excluding carboxylic acids is 2. The molecule has 5 heteroatoms. The van der Waals surface area contributed by atoms with Gasteiger partial charge in [0.05, 0.1) is 12.2 Å². The number of dihydropyridines is 1. The highest BCUT2D eigenvalue weighted by Crippen LogP contribution is 2.44. The van der Waals surface area contributed by atoms with Crippen LogP contribution >= 0.6 is 15.9 Å². The summed E-state index contributed by atoms with van der Waals surface area (Å²) < 4.78 is 6.31. The third-order valence-corrected chi connectivity index (χ3v) is 5.37. The fourth-order valence-corrected chi connectivity index (χ4v) is 4.06. The Kier molecular flexibility index (Phi) is 5.42. The molecule has 4 nitrogen and oxygen atoms in total. The molecule has 1 aliphatic carbocycles. The standard InChI is InChI=1S/C20H22BrNO3/c1-3-11-25-20(24)17-12(2)22-15-9-6-10-16(23)19(15)18(17)13-7-4-5-8-14(13)21/h4-5,7-8,18,22H,3,6,9-11H2,1-2H3/t18-/m1/s1. The van der Waals surface area contributed by atoms with Gasteiger partial charge in [0.1, 0.15) is 0 Å². The Hall–Kier alpha value is -1.88. The first-order valence-corrected chi connectivity index (χ1v) is 9.49. The summed E-state index contributed by atoms with van der Waals surface area (Å²) in [5.74, 6) is -0.621. The maximum atomic E-state index is 12.8. The molecule has 1 aromatic rings. The number of benzene rings is 1. The zero-order chi connectivity index (χ0) is 18.0. The lowest BCUT2D eigenvalue weighted by molar-refractivity contribution is -0.139. The predicted octanol–water partition coefficient (Wildman–Crippen LogP) is 4.37. The topological polar surface area (TPSA) is 55.4 Å². The lowest BCUT2D eigenvalue weighted by atomic mass is 9.75. The summed E-state index contributed by atoms with van der Waals surface area (Å²) in [4.78, 5) is 25.5. The van der Waals surface area contributed by atoms with Crippen LogP contribution in [-0.4, -0.2) is 18.4 Å². The Bertz CT molecular complexity index is 779. The highest BCUT2D eigenvalue weighted by atomic mass is 79.9. The maximum Gasteiger partial charge on any atom is 0.336 e. The minimum absolute atomic E-state index is 0.114. The number of rotatable bonds is 4. The van der Waals surface area contributed by atoms with Crippen LogP contribution in [0.4, 0.5) is 0 Å². The van der Waals surface area contributed by atoms with Gasteiger partial charge >= 0.3 is 5.97 Å². The van der Waals surface area contributed by atoms with E-state index in [1.165, 1.54) is 0 Å². The van der Waals surface area contributed by atoms with Crippen molar-refractivity contribution in [3.05, 3.63) is 56.8 Å². The van der Waals surface area contributed by atoms with E-state index in [4.69, 9.17) is 4.74 Å². The van der Waals surface area contributed by atoms with E-state index in [-0.39, 0.29) is 17.7 Å². The van der Waals surface area contributed by atoms with Crippen molar-refractivity contribution in [1.29, 1.82) is 0 Å². The average molecular weight is 404 g/mol. The monoisotopic (exact) mass is 403 g/mol. The van der Waals surface area contributed by atoms with Crippen molar-refractivity contribution < 1.29 is 14.3 Å². The molecule has 0 saturated heterocycles. The van der Waals surface area contributed by atoms with Crippen molar-refractivity contribution in [3.63, 3.8) is 0 Å². The van der Waals surface area contributed by atoms with Gasteiger partial charge in [0.25, 0.3) is 0 Å². The van der Waals surface area contributed by atoms with Crippen molar-refractivity contribution in [3.8, 4) is 0 Å². The van der Waals surface area contributed by atoms with Gasteiger partial charge in [-0.25, -0.2) is 4.79 Å². The van der Waals surface area contributed by atoms with Gasteiger partial charge < -0.3 is 10.1 Å². The van der Waals surface area contributed by atoms with Crippen LogP contribution in [0.25, 0.3) is 0 Å². The minimum Gasteiger partial charge on any atom is -0.462 e. The molecular weight excluding hydrogens is 382 g/mol. The van der Waals surface area contributed by atoms with Crippen LogP contribution in [0.5, 0.6) is 0 Å². The number of ketones is 1. The van der Waals surface area contributed by atoms with Crippen LogP contribution in [0.15, 0.2) is 51.3 Å². The molecule has 0 amide bonds. The lowest BCUT2D eigenvalue weighted by Gasteiger charge is -2.34. The summed E-state index contributed by atoms with van der Waals surface area (Å²) in [6.07, 6.45) is 2.96. The van der Waals surface area contributed by atoms with Gasteiger partial charge in [-0.15, -0.1) is 0 Å².